The van der Waals surface area contributed by atoms with Gasteiger partial charge in [-0.15, -0.1) is 0 Å². The standard InChI is InChI=1S/C24H25Cl2N3O4S/c1-16(24(31)27-2)28(14-19-20(25)11-7-12-21(19)26)23(30)15-29(34(3,32)33)22-13-6-9-17-8-4-5-10-18(17)22/h4-13,16H,14-15H2,1-3H3,(H,27,31)/t16-/m0/s1. The maximum atomic E-state index is 13.6. The highest BCUT2D eigenvalue weighted by Gasteiger charge is 2.31. The van der Waals surface area contributed by atoms with Crippen molar-refractivity contribution in [1.82, 2.24) is 10.2 Å². The van der Waals surface area contributed by atoms with Crippen molar-refractivity contribution in [3.63, 3.8) is 0 Å². The summed E-state index contributed by atoms with van der Waals surface area (Å²) >= 11 is 12.6. The number of nitrogens with zero attached hydrogens (tertiary/aromatic N) is 2. The Morgan fingerprint density at radius 3 is 2.18 bits per heavy atom. The zero-order chi connectivity index (χ0) is 25.0. The number of likely N-dealkylation sites (N-methyl/N-ethyl adjacent to an activating group) is 1. The van der Waals surface area contributed by atoms with E-state index in [1.54, 1.807) is 49.4 Å². The summed E-state index contributed by atoms with van der Waals surface area (Å²) < 4.78 is 26.6. The minimum atomic E-state index is -3.85. The predicted octanol–water partition coefficient (Wildman–Crippen LogP) is 4.08. The van der Waals surface area contributed by atoms with Crippen molar-refractivity contribution in [3.05, 3.63) is 76.3 Å². The smallest absolute Gasteiger partial charge is 0.244 e. The van der Waals surface area contributed by atoms with E-state index in [9.17, 15) is 18.0 Å². The molecule has 0 bridgehead atoms. The fourth-order valence-electron chi connectivity index (χ4n) is 3.67. The molecule has 180 valence electrons. The summed E-state index contributed by atoms with van der Waals surface area (Å²) in [5.74, 6) is -0.988. The second kappa shape index (κ2) is 10.6. The fraction of sp³-hybridized carbons (Fsp3) is 0.250. The fourth-order valence-corrected chi connectivity index (χ4v) is 5.04. The van der Waals surface area contributed by atoms with E-state index in [1.807, 2.05) is 18.2 Å². The van der Waals surface area contributed by atoms with Crippen LogP contribution in [0.4, 0.5) is 5.69 Å². The Balaban J connectivity index is 2.04. The van der Waals surface area contributed by atoms with Crippen LogP contribution in [0.1, 0.15) is 12.5 Å². The van der Waals surface area contributed by atoms with Crippen LogP contribution in [0.25, 0.3) is 10.8 Å². The molecule has 3 rings (SSSR count). The molecular weight excluding hydrogens is 497 g/mol. The number of sulfonamides is 1. The predicted molar refractivity (Wildman–Crippen MR) is 137 cm³/mol. The molecule has 10 heteroatoms. The number of hydrogen-bond donors (Lipinski definition) is 1. The van der Waals surface area contributed by atoms with Gasteiger partial charge < -0.3 is 10.2 Å². The highest BCUT2D eigenvalue weighted by molar-refractivity contribution is 7.92. The first-order valence-corrected chi connectivity index (χ1v) is 13.0. The SMILES string of the molecule is CNC(=O)[C@H](C)N(Cc1c(Cl)cccc1Cl)C(=O)CN(c1cccc2ccccc12)S(C)(=O)=O. The highest BCUT2D eigenvalue weighted by atomic mass is 35.5. The van der Waals surface area contributed by atoms with Gasteiger partial charge in [0.15, 0.2) is 0 Å². The highest BCUT2D eigenvalue weighted by Crippen LogP contribution is 2.30. The lowest BCUT2D eigenvalue weighted by Crippen LogP contribution is -2.50. The molecule has 0 saturated carbocycles. The average molecular weight is 522 g/mol. The van der Waals surface area contributed by atoms with Gasteiger partial charge in [0.05, 0.1) is 11.9 Å². The molecule has 0 fully saturated rings. The molecule has 0 spiro atoms. The van der Waals surface area contributed by atoms with Crippen molar-refractivity contribution < 1.29 is 18.0 Å². The molecule has 0 aliphatic rings. The van der Waals surface area contributed by atoms with E-state index in [0.29, 0.717) is 26.7 Å². The number of carbonyl (C=O) groups is 2. The van der Waals surface area contributed by atoms with Crippen LogP contribution in [-0.4, -0.2) is 51.0 Å². The first kappa shape index (κ1) is 25.8. The number of halogens is 2. The van der Waals surface area contributed by atoms with Crippen LogP contribution >= 0.6 is 23.2 Å². The van der Waals surface area contributed by atoms with Crippen LogP contribution < -0.4 is 9.62 Å². The minimum absolute atomic E-state index is 0.0704. The third-order valence-electron chi connectivity index (χ3n) is 5.52. The molecule has 3 aromatic rings. The topological polar surface area (TPSA) is 86.8 Å². The van der Waals surface area contributed by atoms with Gasteiger partial charge in [-0.2, -0.15) is 0 Å². The van der Waals surface area contributed by atoms with Crippen molar-refractivity contribution in [2.45, 2.75) is 19.5 Å². The number of nitrogens with one attached hydrogen (secondary N) is 1. The zero-order valence-electron chi connectivity index (χ0n) is 19.0. The molecule has 0 aromatic heterocycles. The third-order valence-corrected chi connectivity index (χ3v) is 7.35. The Hall–Kier alpha value is -2.81. The summed E-state index contributed by atoms with van der Waals surface area (Å²) in [6, 6.07) is 16.6. The van der Waals surface area contributed by atoms with E-state index in [-0.39, 0.29) is 6.54 Å². The van der Waals surface area contributed by atoms with E-state index < -0.39 is 34.4 Å². The Kier molecular flexibility index (Phi) is 8.07. The molecule has 0 heterocycles. The lowest BCUT2D eigenvalue weighted by Gasteiger charge is -2.32. The Labute approximate surface area is 209 Å². The first-order chi connectivity index (χ1) is 16.0. The summed E-state index contributed by atoms with van der Waals surface area (Å²) in [5, 5.41) is 4.71. The van der Waals surface area contributed by atoms with E-state index in [0.717, 1.165) is 15.9 Å². The largest absolute Gasteiger partial charge is 0.357 e. The van der Waals surface area contributed by atoms with E-state index in [1.165, 1.54) is 11.9 Å². The molecule has 3 aromatic carbocycles. The lowest BCUT2D eigenvalue weighted by molar-refractivity contribution is -0.139. The van der Waals surface area contributed by atoms with Gasteiger partial charge in [-0.3, -0.25) is 13.9 Å². The van der Waals surface area contributed by atoms with Crippen LogP contribution in [0.3, 0.4) is 0 Å². The van der Waals surface area contributed by atoms with Crippen LogP contribution in [0.5, 0.6) is 0 Å². The quantitative estimate of drug-likeness (QED) is 0.483. The van der Waals surface area contributed by atoms with Crippen LogP contribution in [0.15, 0.2) is 60.7 Å². The van der Waals surface area contributed by atoms with Gasteiger partial charge in [0, 0.05) is 34.6 Å². The van der Waals surface area contributed by atoms with Gasteiger partial charge in [-0.25, -0.2) is 8.42 Å². The number of carbonyl (C=O) groups excluding carboxylic acids is 2. The molecule has 0 aliphatic heterocycles. The summed E-state index contributed by atoms with van der Waals surface area (Å²) in [4.78, 5) is 27.3. The van der Waals surface area contributed by atoms with Crippen molar-refractivity contribution in [3.8, 4) is 0 Å². The molecule has 1 N–H and O–H groups in total. The summed E-state index contributed by atoms with van der Waals surface area (Å²) in [5.41, 5.74) is 0.836. The zero-order valence-corrected chi connectivity index (χ0v) is 21.3. The maximum Gasteiger partial charge on any atom is 0.244 e. The molecular formula is C24H25Cl2N3O4S. The van der Waals surface area contributed by atoms with Gasteiger partial charge >= 0.3 is 0 Å². The normalized spacial score (nSPS) is 12.3. The van der Waals surface area contributed by atoms with E-state index in [4.69, 9.17) is 23.2 Å². The summed E-state index contributed by atoms with van der Waals surface area (Å²) in [6.07, 6.45) is 1.04. The summed E-state index contributed by atoms with van der Waals surface area (Å²) in [7, 11) is -2.38. The molecule has 1 atom stereocenters. The van der Waals surface area contributed by atoms with Gasteiger partial charge in [0.25, 0.3) is 0 Å². The average Bonchev–Trinajstić information content (AvgIpc) is 2.80. The molecule has 34 heavy (non-hydrogen) atoms. The molecule has 2 amide bonds. The number of rotatable bonds is 8. The Morgan fingerprint density at radius 2 is 1.56 bits per heavy atom. The van der Waals surface area contributed by atoms with Crippen molar-refractivity contribution in [2.24, 2.45) is 0 Å². The third kappa shape index (κ3) is 5.63. The van der Waals surface area contributed by atoms with Crippen LogP contribution in [0, 0.1) is 0 Å². The van der Waals surface area contributed by atoms with Crippen molar-refractivity contribution >= 4 is 61.5 Å². The number of hydrogen-bond acceptors (Lipinski definition) is 4. The lowest BCUT2D eigenvalue weighted by atomic mass is 10.1. The summed E-state index contributed by atoms with van der Waals surface area (Å²) in [6.45, 7) is 0.986. The first-order valence-electron chi connectivity index (χ1n) is 10.4. The van der Waals surface area contributed by atoms with Gasteiger partial charge in [0.1, 0.15) is 12.6 Å². The second-order valence-electron chi connectivity index (χ2n) is 7.78. The molecule has 0 radical (unpaired) electrons. The molecule has 7 nitrogen and oxygen atoms in total. The van der Waals surface area contributed by atoms with Gasteiger partial charge in [-0.05, 0) is 30.5 Å². The van der Waals surface area contributed by atoms with Crippen molar-refractivity contribution in [2.75, 3.05) is 24.2 Å². The van der Waals surface area contributed by atoms with Gasteiger partial charge in [-0.1, -0.05) is 65.7 Å². The van der Waals surface area contributed by atoms with E-state index in [2.05, 4.69) is 5.32 Å². The van der Waals surface area contributed by atoms with Gasteiger partial charge in [0.2, 0.25) is 21.8 Å². The second-order valence-corrected chi connectivity index (χ2v) is 10.5. The van der Waals surface area contributed by atoms with Crippen molar-refractivity contribution in [1.29, 1.82) is 0 Å². The number of anilines is 1. The molecule has 0 saturated heterocycles. The molecule has 0 unspecified atom stereocenters. The maximum absolute atomic E-state index is 13.6. The monoisotopic (exact) mass is 521 g/mol. The molecule has 0 aliphatic carbocycles. The minimum Gasteiger partial charge on any atom is -0.357 e. The van der Waals surface area contributed by atoms with E-state index >= 15 is 0 Å². The number of fused-ring (bicyclic) bond motifs is 1. The Bertz CT molecular complexity index is 1310. The van der Waals surface area contributed by atoms with Crippen LogP contribution in [0.2, 0.25) is 10.0 Å². The number of benzene rings is 3. The Morgan fingerprint density at radius 1 is 0.971 bits per heavy atom. The van der Waals surface area contributed by atoms with Crippen LogP contribution in [-0.2, 0) is 26.2 Å². The number of amides is 2.